The summed E-state index contributed by atoms with van der Waals surface area (Å²) in [6, 6.07) is 19.8. The van der Waals surface area contributed by atoms with Crippen LogP contribution in [-0.2, 0) is 6.54 Å². The molecule has 1 atom stereocenters. The number of rotatable bonds is 11. The van der Waals surface area contributed by atoms with Crippen molar-refractivity contribution in [3.05, 3.63) is 95.3 Å². The Morgan fingerprint density at radius 3 is 2.67 bits per heavy atom. The minimum Gasteiger partial charge on any atom is -0.435 e. The standard InChI is InChI=1S/C31H34F2N8O/c32-31(33)42-25-8-4-5-20(15-25)18-41-19-23(17-36-41)26(27-16-28(34)37-30-29(27)38-40-39-30)13-14-35-24-11-9-22(10-12-24)21-6-2-1-3-7-21/h1-8,15-17,19,22,24,26,31,35H,9-14,18H2,(H3,34,37,38,39,40)/t22?,24?,26-/m1/s1. The molecule has 0 spiro atoms. The first-order chi connectivity index (χ1) is 20.5. The maximum Gasteiger partial charge on any atom is 0.387 e. The second-order valence-corrected chi connectivity index (χ2v) is 10.9. The predicted molar refractivity (Wildman–Crippen MR) is 156 cm³/mol. The fourth-order valence-electron chi connectivity index (χ4n) is 6.09. The quantitative estimate of drug-likeness (QED) is 0.188. The van der Waals surface area contributed by atoms with Crippen LogP contribution in [0.4, 0.5) is 14.6 Å². The van der Waals surface area contributed by atoms with Gasteiger partial charge in [0.1, 0.15) is 17.1 Å². The van der Waals surface area contributed by atoms with E-state index in [4.69, 9.17) is 5.73 Å². The van der Waals surface area contributed by atoms with Crippen LogP contribution in [0.15, 0.2) is 73.1 Å². The first-order valence-corrected chi connectivity index (χ1v) is 14.3. The molecule has 0 bridgehead atoms. The van der Waals surface area contributed by atoms with Gasteiger partial charge in [0.15, 0.2) is 0 Å². The third kappa shape index (κ3) is 6.57. The maximum absolute atomic E-state index is 12.7. The highest BCUT2D eigenvalue weighted by Gasteiger charge is 2.25. The summed E-state index contributed by atoms with van der Waals surface area (Å²) in [6.45, 7) is -1.65. The minimum atomic E-state index is -2.87. The van der Waals surface area contributed by atoms with Crippen molar-refractivity contribution in [3.8, 4) is 5.75 Å². The van der Waals surface area contributed by atoms with Crippen molar-refractivity contribution in [2.45, 2.75) is 63.1 Å². The number of hydrogen-bond donors (Lipinski definition) is 3. The molecule has 3 aromatic heterocycles. The molecule has 3 heterocycles. The van der Waals surface area contributed by atoms with Gasteiger partial charge < -0.3 is 15.8 Å². The normalized spacial score (nSPS) is 18.0. The number of nitrogens with two attached hydrogens (primary N) is 1. The van der Waals surface area contributed by atoms with Gasteiger partial charge >= 0.3 is 6.61 Å². The Labute approximate surface area is 242 Å². The molecule has 0 radical (unpaired) electrons. The van der Waals surface area contributed by atoms with Crippen molar-refractivity contribution < 1.29 is 13.5 Å². The second-order valence-electron chi connectivity index (χ2n) is 10.9. The van der Waals surface area contributed by atoms with Crippen molar-refractivity contribution in [1.29, 1.82) is 0 Å². The van der Waals surface area contributed by atoms with Crippen LogP contribution < -0.4 is 15.8 Å². The number of fused-ring (bicyclic) bond motifs is 1. The van der Waals surface area contributed by atoms with E-state index >= 15 is 0 Å². The summed E-state index contributed by atoms with van der Waals surface area (Å²) in [7, 11) is 0. The molecule has 0 saturated heterocycles. The molecular weight excluding hydrogens is 538 g/mol. The summed E-state index contributed by atoms with van der Waals surface area (Å²) in [5.74, 6) is 1.08. The SMILES string of the molecule is Nc1cc([C@H](CCNC2CCC(c3ccccc3)CC2)c2cnn(Cc3cccc(OC(F)F)c3)c2)c2n[nH]nc2n1. The Kier molecular flexibility index (Phi) is 8.36. The third-order valence-electron chi connectivity index (χ3n) is 8.10. The van der Waals surface area contributed by atoms with Gasteiger partial charge in [0, 0.05) is 18.2 Å². The van der Waals surface area contributed by atoms with Crippen LogP contribution >= 0.6 is 0 Å². The van der Waals surface area contributed by atoms with E-state index in [0.717, 1.165) is 42.5 Å². The number of H-pyrrole nitrogens is 1. The number of hydrogen-bond acceptors (Lipinski definition) is 7. The number of ether oxygens (including phenoxy) is 1. The Hall–Kier alpha value is -4.38. The molecule has 4 N–H and O–H groups in total. The topological polar surface area (TPSA) is 120 Å². The van der Waals surface area contributed by atoms with E-state index in [-0.39, 0.29) is 11.7 Å². The van der Waals surface area contributed by atoms with Crippen LogP contribution in [0.25, 0.3) is 11.2 Å². The van der Waals surface area contributed by atoms with E-state index < -0.39 is 6.61 Å². The molecule has 1 aliphatic rings. The van der Waals surface area contributed by atoms with E-state index in [2.05, 4.69) is 65.9 Å². The maximum atomic E-state index is 12.7. The van der Waals surface area contributed by atoms with Crippen LogP contribution in [0.1, 0.15) is 66.2 Å². The average Bonchev–Trinajstić information content (AvgIpc) is 3.65. The first kappa shape index (κ1) is 27.8. The molecule has 2 aromatic carbocycles. The summed E-state index contributed by atoms with van der Waals surface area (Å²) in [5, 5.41) is 19.6. The van der Waals surface area contributed by atoms with E-state index in [1.165, 1.54) is 24.5 Å². The van der Waals surface area contributed by atoms with Gasteiger partial charge in [-0.05, 0) is 85.0 Å². The van der Waals surface area contributed by atoms with E-state index in [1.807, 2.05) is 24.5 Å². The Morgan fingerprint density at radius 2 is 1.86 bits per heavy atom. The predicted octanol–water partition coefficient (Wildman–Crippen LogP) is 5.62. The largest absolute Gasteiger partial charge is 0.435 e. The summed E-state index contributed by atoms with van der Waals surface area (Å²) in [6.07, 6.45) is 9.28. The molecule has 0 amide bonds. The number of nitrogen functional groups attached to an aromatic ring is 1. The van der Waals surface area contributed by atoms with Crippen LogP contribution in [0.5, 0.6) is 5.75 Å². The summed E-state index contributed by atoms with van der Waals surface area (Å²) in [4.78, 5) is 4.32. The number of nitrogens with one attached hydrogen (secondary N) is 2. The van der Waals surface area contributed by atoms with Crippen molar-refractivity contribution in [2.75, 3.05) is 12.3 Å². The zero-order chi connectivity index (χ0) is 28.9. The Bertz CT molecular complexity index is 1600. The van der Waals surface area contributed by atoms with Gasteiger partial charge in [0.2, 0.25) is 5.65 Å². The molecule has 9 nitrogen and oxygen atoms in total. The van der Waals surface area contributed by atoms with Gasteiger partial charge in [-0.3, -0.25) is 4.68 Å². The minimum absolute atomic E-state index is 0.0571. The molecule has 218 valence electrons. The van der Waals surface area contributed by atoms with Crippen LogP contribution in [0.2, 0.25) is 0 Å². The third-order valence-corrected chi connectivity index (χ3v) is 8.10. The van der Waals surface area contributed by atoms with Crippen LogP contribution in [0, 0.1) is 0 Å². The molecule has 5 aromatic rings. The zero-order valence-corrected chi connectivity index (χ0v) is 23.2. The lowest BCUT2D eigenvalue weighted by atomic mass is 9.81. The number of aromatic nitrogens is 6. The monoisotopic (exact) mass is 572 g/mol. The summed E-state index contributed by atoms with van der Waals surface area (Å²) in [5.41, 5.74) is 11.5. The highest BCUT2D eigenvalue weighted by molar-refractivity contribution is 5.77. The molecule has 0 aliphatic heterocycles. The molecule has 1 saturated carbocycles. The van der Waals surface area contributed by atoms with Crippen molar-refractivity contribution in [1.82, 2.24) is 35.5 Å². The molecule has 1 fully saturated rings. The van der Waals surface area contributed by atoms with E-state index in [9.17, 15) is 8.78 Å². The Morgan fingerprint density at radius 1 is 1.02 bits per heavy atom. The molecule has 42 heavy (non-hydrogen) atoms. The molecule has 1 aliphatic carbocycles. The lowest BCUT2D eigenvalue weighted by Gasteiger charge is -2.30. The lowest BCUT2D eigenvalue weighted by Crippen LogP contribution is -2.34. The number of aromatic amines is 1. The highest BCUT2D eigenvalue weighted by Crippen LogP contribution is 2.34. The molecule has 6 rings (SSSR count). The molecule has 11 heteroatoms. The summed E-state index contributed by atoms with van der Waals surface area (Å²) < 4.78 is 31.7. The zero-order valence-electron chi connectivity index (χ0n) is 23.2. The number of nitrogens with zero attached hydrogens (tertiary/aromatic N) is 5. The van der Waals surface area contributed by atoms with Gasteiger partial charge in [-0.15, -0.1) is 5.10 Å². The molecular formula is C31H34F2N8O. The number of anilines is 1. The van der Waals surface area contributed by atoms with Gasteiger partial charge in [-0.25, -0.2) is 4.98 Å². The molecule has 0 unspecified atom stereocenters. The van der Waals surface area contributed by atoms with Gasteiger partial charge in [-0.2, -0.15) is 24.2 Å². The average molecular weight is 573 g/mol. The van der Waals surface area contributed by atoms with Gasteiger partial charge in [0.05, 0.1) is 12.7 Å². The van der Waals surface area contributed by atoms with Gasteiger partial charge in [-0.1, -0.05) is 42.5 Å². The van der Waals surface area contributed by atoms with Crippen LogP contribution in [-0.4, -0.2) is 49.4 Å². The number of alkyl halides is 2. The number of benzene rings is 2. The Balaban J connectivity index is 1.16. The van der Waals surface area contributed by atoms with E-state index in [1.54, 1.807) is 16.8 Å². The fraction of sp³-hybridized carbons (Fsp3) is 0.355. The van der Waals surface area contributed by atoms with Crippen molar-refractivity contribution in [3.63, 3.8) is 0 Å². The lowest BCUT2D eigenvalue weighted by molar-refractivity contribution is -0.0498. The summed E-state index contributed by atoms with van der Waals surface area (Å²) >= 11 is 0. The van der Waals surface area contributed by atoms with Crippen LogP contribution in [0.3, 0.4) is 0 Å². The fourth-order valence-corrected chi connectivity index (χ4v) is 6.09. The van der Waals surface area contributed by atoms with Crippen molar-refractivity contribution >= 4 is 17.0 Å². The van der Waals surface area contributed by atoms with Crippen molar-refractivity contribution in [2.24, 2.45) is 0 Å². The first-order valence-electron chi connectivity index (χ1n) is 14.3. The second kappa shape index (κ2) is 12.6. The van der Waals surface area contributed by atoms with E-state index in [0.29, 0.717) is 35.5 Å². The smallest absolute Gasteiger partial charge is 0.387 e. The highest BCUT2D eigenvalue weighted by atomic mass is 19.3. The number of halogens is 2. The van der Waals surface area contributed by atoms with Gasteiger partial charge in [0.25, 0.3) is 0 Å². The number of pyridine rings is 1.